The number of imidazole rings is 1. The van der Waals surface area contributed by atoms with Crippen molar-refractivity contribution in [1.29, 1.82) is 0 Å². The van der Waals surface area contributed by atoms with Gasteiger partial charge in [-0.3, -0.25) is 9.36 Å². The first-order chi connectivity index (χ1) is 11.6. The lowest BCUT2D eigenvalue weighted by atomic mass is 9.94. The van der Waals surface area contributed by atoms with Gasteiger partial charge in [-0.05, 0) is 43.4 Å². The predicted molar refractivity (Wildman–Crippen MR) is 94.3 cm³/mol. The molecule has 2 aromatic rings. The van der Waals surface area contributed by atoms with E-state index in [2.05, 4.69) is 4.98 Å². The zero-order valence-corrected chi connectivity index (χ0v) is 14.9. The molecule has 1 saturated carbocycles. The maximum Gasteiger partial charge on any atom is 0.272 e. The normalized spacial score (nSPS) is 15.5. The molecular formula is C18H22FN3OS. The number of thioether (sulfide) groups is 1. The smallest absolute Gasteiger partial charge is 0.272 e. The quantitative estimate of drug-likeness (QED) is 0.780. The molecule has 0 saturated heterocycles. The fourth-order valence-electron chi connectivity index (χ4n) is 3.28. The van der Waals surface area contributed by atoms with Gasteiger partial charge in [0.25, 0.3) is 5.91 Å². The molecule has 1 aliphatic rings. The maximum absolute atomic E-state index is 13.2. The molecule has 1 aromatic heterocycles. The van der Waals surface area contributed by atoms with Gasteiger partial charge in [0.15, 0.2) is 5.16 Å². The molecule has 3 rings (SSSR count). The molecular weight excluding hydrogens is 325 g/mol. The Balaban J connectivity index is 1.94. The molecule has 0 spiro atoms. The van der Waals surface area contributed by atoms with E-state index in [-0.39, 0.29) is 11.7 Å². The van der Waals surface area contributed by atoms with Crippen LogP contribution >= 0.6 is 11.8 Å². The summed E-state index contributed by atoms with van der Waals surface area (Å²) in [7, 11) is 1.87. The molecule has 0 aliphatic heterocycles. The number of carbonyl (C=O) groups excluding carboxylic acids is 1. The lowest BCUT2D eigenvalue weighted by Gasteiger charge is -2.31. The van der Waals surface area contributed by atoms with Crippen LogP contribution in [0.4, 0.5) is 4.39 Å². The van der Waals surface area contributed by atoms with Crippen molar-refractivity contribution in [2.45, 2.75) is 43.3 Å². The first-order valence-electron chi connectivity index (χ1n) is 8.26. The number of halogens is 1. The molecule has 1 fully saturated rings. The Kier molecular flexibility index (Phi) is 5.23. The highest BCUT2D eigenvalue weighted by Gasteiger charge is 2.26. The van der Waals surface area contributed by atoms with E-state index in [0.717, 1.165) is 23.7 Å². The molecule has 0 N–H and O–H groups in total. The van der Waals surface area contributed by atoms with Crippen LogP contribution in [0, 0.1) is 5.82 Å². The fraction of sp³-hybridized carbons (Fsp3) is 0.444. The Hall–Kier alpha value is -1.82. The lowest BCUT2D eigenvalue weighted by Crippen LogP contribution is -2.39. The van der Waals surface area contributed by atoms with Gasteiger partial charge in [0.05, 0.1) is 6.20 Å². The van der Waals surface area contributed by atoms with E-state index in [1.807, 2.05) is 22.8 Å². The molecule has 128 valence electrons. The third kappa shape index (κ3) is 3.34. The van der Waals surface area contributed by atoms with Gasteiger partial charge >= 0.3 is 0 Å². The second kappa shape index (κ2) is 7.38. The topological polar surface area (TPSA) is 38.1 Å². The number of rotatable bonds is 4. The summed E-state index contributed by atoms with van der Waals surface area (Å²) in [5.41, 5.74) is 1.28. The van der Waals surface area contributed by atoms with Gasteiger partial charge in [-0.25, -0.2) is 9.37 Å². The largest absolute Gasteiger partial charge is 0.337 e. The van der Waals surface area contributed by atoms with Crippen molar-refractivity contribution >= 4 is 17.7 Å². The third-order valence-corrected chi connectivity index (χ3v) is 5.31. The first-order valence-corrected chi connectivity index (χ1v) is 9.49. The lowest BCUT2D eigenvalue weighted by molar-refractivity contribution is 0.0687. The summed E-state index contributed by atoms with van der Waals surface area (Å²) in [5.74, 6) is -0.323. The monoisotopic (exact) mass is 347 g/mol. The summed E-state index contributed by atoms with van der Waals surface area (Å²) in [6, 6.07) is 6.44. The summed E-state index contributed by atoms with van der Waals surface area (Å²) < 4.78 is 15.0. The number of nitrogens with zero attached hydrogens (tertiary/aromatic N) is 3. The van der Waals surface area contributed by atoms with Crippen LogP contribution in [0.5, 0.6) is 0 Å². The number of carbonyl (C=O) groups is 1. The second-order valence-electron chi connectivity index (χ2n) is 6.15. The molecule has 6 heteroatoms. The van der Waals surface area contributed by atoms with Crippen LogP contribution < -0.4 is 0 Å². The van der Waals surface area contributed by atoms with Crippen LogP contribution in [0.1, 0.15) is 42.6 Å². The van der Waals surface area contributed by atoms with Crippen LogP contribution in [0.25, 0.3) is 5.69 Å². The van der Waals surface area contributed by atoms with Crippen LogP contribution in [0.2, 0.25) is 0 Å². The highest BCUT2D eigenvalue weighted by atomic mass is 32.2. The van der Waals surface area contributed by atoms with Crippen LogP contribution in [0.15, 0.2) is 35.6 Å². The summed E-state index contributed by atoms with van der Waals surface area (Å²) in [4.78, 5) is 19.2. The number of amides is 1. The zero-order valence-electron chi connectivity index (χ0n) is 14.0. The Labute approximate surface area is 146 Å². The molecule has 0 unspecified atom stereocenters. The molecule has 1 aromatic carbocycles. The van der Waals surface area contributed by atoms with Crippen molar-refractivity contribution in [2.75, 3.05) is 13.3 Å². The standard InChI is InChI=1S/C18H22FN3OS/c1-21(14-6-4-3-5-7-14)17(23)16-12-20-18(24-2)22(16)15-10-8-13(19)9-11-15/h8-12,14H,3-7H2,1-2H3. The molecule has 0 bridgehead atoms. The Morgan fingerprint density at radius 3 is 2.54 bits per heavy atom. The van der Waals surface area contributed by atoms with Gasteiger partial charge < -0.3 is 4.90 Å². The average molecular weight is 347 g/mol. The van der Waals surface area contributed by atoms with Gasteiger partial charge in [-0.2, -0.15) is 0 Å². The summed E-state index contributed by atoms with van der Waals surface area (Å²) in [6.07, 6.45) is 9.26. The van der Waals surface area contributed by atoms with E-state index in [0.29, 0.717) is 11.7 Å². The van der Waals surface area contributed by atoms with Gasteiger partial charge in [0, 0.05) is 18.8 Å². The molecule has 0 atom stereocenters. The minimum Gasteiger partial charge on any atom is -0.337 e. The molecule has 1 amide bonds. The van der Waals surface area contributed by atoms with Crippen molar-refractivity contribution in [3.63, 3.8) is 0 Å². The zero-order chi connectivity index (χ0) is 17.1. The molecule has 0 radical (unpaired) electrons. The van der Waals surface area contributed by atoms with Gasteiger partial charge in [0.1, 0.15) is 11.5 Å². The highest BCUT2D eigenvalue weighted by Crippen LogP contribution is 2.26. The predicted octanol–water partition coefficient (Wildman–Crippen LogP) is 4.14. The van der Waals surface area contributed by atoms with E-state index in [4.69, 9.17) is 0 Å². The summed E-state index contributed by atoms with van der Waals surface area (Å²) in [6.45, 7) is 0. The van der Waals surface area contributed by atoms with E-state index in [9.17, 15) is 9.18 Å². The molecule has 4 nitrogen and oxygen atoms in total. The first kappa shape index (κ1) is 17.0. The van der Waals surface area contributed by atoms with E-state index in [1.165, 1.54) is 43.2 Å². The van der Waals surface area contributed by atoms with E-state index in [1.54, 1.807) is 18.3 Å². The van der Waals surface area contributed by atoms with Gasteiger partial charge in [0.2, 0.25) is 0 Å². The second-order valence-corrected chi connectivity index (χ2v) is 6.92. The van der Waals surface area contributed by atoms with Crippen molar-refractivity contribution in [1.82, 2.24) is 14.5 Å². The SMILES string of the molecule is CSc1ncc(C(=O)N(C)C2CCCCC2)n1-c1ccc(F)cc1. The Morgan fingerprint density at radius 1 is 1.25 bits per heavy atom. The minimum atomic E-state index is -0.295. The van der Waals surface area contributed by atoms with Crippen LogP contribution in [-0.2, 0) is 0 Å². The minimum absolute atomic E-state index is 0.0287. The van der Waals surface area contributed by atoms with Crippen molar-refractivity contribution in [3.8, 4) is 5.69 Å². The van der Waals surface area contributed by atoms with Gasteiger partial charge in [-0.15, -0.1) is 0 Å². The molecule has 24 heavy (non-hydrogen) atoms. The van der Waals surface area contributed by atoms with Crippen molar-refractivity contribution in [2.24, 2.45) is 0 Å². The van der Waals surface area contributed by atoms with Crippen LogP contribution in [0.3, 0.4) is 0 Å². The summed E-state index contributed by atoms with van der Waals surface area (Å²) in [5, 5.41) is 0.724. The molecule has 1 heterocycles. The van der Waals surface area contributed by atoms with Crippen molar-refractivity contribution < 1.29 is 9.18 Å². The number of hydrogen-bond acceptors (Lipinski definition) is 3. The Morgan fingerprint density at radius 2 is 1.92 bits per heavy atom. The highest BCUT2D eigenvalue weighted by molar-refractivity contribution is 7.98. The van der Waals surface area contributed by atoms with E-state index >= 15 is 0 Å². The van der Waals surface area contributed by atoms with Crippen molar-refractivity contribution in [3.05, 3.63) is 42.0 Å². The number of hydrogen-bond donors (Lipinski definition) is 0. The van der Waals surface area contributed by atoms with Crippen LogP contribution in [-0.4, -0.2) is 39.7 Å². The number of benzene rings is 1. The summed E-state index contributed by atoms with van der Waals surface area (Å²) >= 11 is 1.47. The fourth-order valence-corrected chi connectivity index (χ4v) is 3.83. The molecule has 1 aliphatic carbocycles. The number of aromatic nitrogens is 2. The van der Waals surface area contributed by atoms with E-state index < -0.39 is 0 Å². The maximum atomic E-state index is 13.2. The van der Waals surface area contributed by atoms with Gasteiger partial charge in [-0.1, -0.05) is 31.0 Å². The Bertz CT molecular complexity index is 708. The average Bonchev–Trinajstić information content (AvgIpc) is 3.06. The third-order valence-electron chi connectivity index (χ3n) is 4.66.